The lowest BCUT2D eigenvalue weighted by Gasteiger charge is -2.32. The number of fused-ring (bicyclic) bond motifs is 1. The van der Waals surface area contributed by atoms with Gasteiger partial charge in [0.2, 0.25) is 0 Å². The van der Waals surface area contributed by atoms with E-state index in [1.165, 1.54) is 48.0 Å². The summed E-state index contributed by atoms with van der Waals surface area (Å²) >= 11 is 0. The number of hydrogen-bond acceptors (Lipinski definition) is 6. The molecule has 3 heterocycles. The van der Waals surface area contributed by atoms with Crippen molar-refractivity contribution < 1.29 is 21.6 Å². The highest BCUT2D eigenvalue weighted by Crippen LogP contribution is 2.36. The lowest BCUT2D eigenvalue weighted by atomic mass is 10.0. The number of nitrogens with zero attached hydrogens (tertiary/aromatic N) is 4. The first-order valence-corrected chi connectivity index (χ1v) is 14.0. The van der Waals surface area contributed by atoms with Crippen LogP contribution in [0.4, 0.5) is 24.5 Å². The molecule has 5 rings (SSSR count). The standard InChI is InChI=1S/C27H31F3N4O2S/c1-26(2)18-33(21-9-11-22(12-10-21)37(35,36)27(28,29)30)19-34(26)17-20-13-14-31-23-7-6-8-24(25(20)23)32-15-4-3-5-16-32/h6-14H,3-5,15-19H2,1-2H3. The number of halogens is 3. The molecule has 0 spiro atoms. The maximum atomic E-state index is 12.9. The van der Waals surface area contributed by atoms with Crippen LogP contribution in [0.3, 0.4) is 0 Å². The maximum absolute atomic E-state index is 12.9. The Balaban J connectivity index is 1.41. The summed E-state index contributed by atoms with van der Waals surface area (Å²) < 4.78 is 62.3. The molecule has 2 aromatic carbocycles. The molecular weight excluding hydrogens is 501 g/mol. The largest absolute Gasteiger partial charge is 0.501 e. The van der Waals surface area contributed by atoms with Crippen molar-refractivity contribution in [3.63, 3.8) is 0 Å². The zero-order valence-electron chi connectivity index (χ0n) is 21.0. The number of piperidine rings is 1. The van der Waals surface area contributed by atoms with Crippen molar-refractivity contribution in [2.45, 2.75) is 55.6 Å². The highest BCUT2D eigenvalue weighted by Gasteiger charge is 2.47. The first-order valence-electron chi connectivity index (χ1n) is 12.5. The molecule has 0 atom stereocenters. The Morgan fingerprint density at radius 2 is 1.65 bits per heavy atom. The predicted octanol–water partition coefficient (Wildman–Crippen LogP) is 5.58. The molecule has 2 aliphatic rings. The molecule has 2 aliphatic heterocycles. The van der Waals surface area contributed by atoms with E-state index in [1.54, 1.807) is 0 Å². The van der Waals surface area contributed by atoms with Gasteiger partial charge in [0, 0.05) is 54.7 Å². The minimum Gasteiger partial charge on any atom is -0.371 e. The first kappa shape index (κ1) is 25.8. The van der Waals surface area contributed by atoms with Gasteiger partial charge in [-0.25, -0.2) is 8.42 Å². The lowest BCUT2D eigenvalue weighted by Crippen LogP contribution is -2.39. The Morgan fingerprint density at radius 1 is 0.946 bits per heavy atom. The SMILES string of the molecule is CC1(C)CN(c2ccc(S(=O)(=O)C(F)(F)F)cc2)CN1Cc1ccnc2cccc(N3CCCCC3)c12. The monoisotopic (exact) mass is 532 g/mol. The van der Waals surface area contributed by atoms with Crippen LogP contribution in [0.15, 0.2) is 59.6 Å². The fraction of sp³-hybridized carbons (Fsp3) is 0.444. The average Bonchev–Trinajstić information content (AvgIpc) is 3.17. The van der Waals surface area contributed by atoms with Crippen LogP contribution >= 0.6 is 0 Å². The summed E-state index contributed by atoms with van der Waals surface area (Å²) in [5.74, 6) is 0. The van der Waals surface area contributed by atoms with Gasteiger partial charge in [0.25, 0.3) is 9.84 Å². The van der Waals surface area contributed by atoms with Crippen molar-refractivity contribution in [3.8, 4) is 0 Å². The van der Waals surface area contributed by atoms with Gasteiger partial charge in [0.1, 0.15) is 0 Å². The molecule has 3 aromatic rings. The molecule has 0 aliphatic carbocycles. The number of benzene rings is 2. The van der Waals surface area contributed by atoms with Crippen molar-refractivity contribution >= 4 is 32.1 Å². The van der Waals surface area contributed by atoms with Crippen LogP contribution in [0.25, 0.3) is 10.9 Å². The summed E-state index contributed by atoms with van der Waals surface area (Å²) in [5, 5.41) is 1.17. The number of aromatic nitrogens is 1. The van der Waals surface area contributed by atoms with Crippen molar-refractivity contribution in [2.24, 2.45) is 0 Å². The average molecular weight is 533 g/mol. The normalized spacial score (nSPS) is 19.1. The van der Waals surface area contributed by atoms with Gasteiger partial charge in [-0.1, -0.05) is 6.07 Å². The van der Waals surface area contributed by atoms with E-state index in [1.807, 2.05) is 12.3 Å². The van der Waals surface area contributed by atoms with E-state index in [0.717, 1.165) is 30.7 Å². The molecule has 0 N–H and O–H groups in total. The molecule has 0 amide bonds. The van der Waals surface area contributed by atoms with Crippen LogP contribution in [0.2, 0.25) is 0 Å². The van der Waals surface area contributed by atoms with E-state index in [-0.39, 0.29) is 5.54 Å². The molecule has 2 fully saturated rings. The zero-order valence-corrected chi connectivity index (χ0v) is 21.8. The van der Waals surface area contributed by atoms with Crippen LogP contribution in [-0.4, -0.2) is 55.7 Å². The molecule has 10 heteroatoms. The second kappa shape index (κ2) is 9.47. The molecule has 1 aromatic heterocycles. The van der Waals surface area contributed by atoms with Crippen molar-refractivity contribution in [3.05, 3.63) is 60.3 Å². The summed E-state index contributed by atoms with van der Waals surface area (Å²) in [5.41, 5.74) is -1.47. The Labute approximate surface area is 215 Å². The highest BCUT2D eigenvalue weighted by molar-refractivity contribution is 7.92. The Hall–Kier alpha value is -2.85. The Bertz CT molecular complexity index is 1380. The summed E-state index contributed by atoms with van der Waals surface area (Å²) in [6, 6.07) is 13.3. The van der Waals surface area contributed by atoms with Crippen LogP contribution in [-0.2, 0) is 16.4 Å². The van der Waals surface area contributed by atoms with Crippen molar-refractivity contribution in [1.82, 2.24) is 9.88 Å². The second-order valence-electron chi connectivity index (χ2n) is 10.5. The van der Waals surface area contributed by atoms with Gasteiger partial charge >= 0.3 is 5.51 Å². The van der Waals surface area contributed by atoms with E-state index >= 15 is 0 Å². The van der Waals surface area contributed by atoms with Gasteiger partial charge in [0.05, 0.1) is 17.1 Å². The summed E-state index contributed by atoms with van der Waals surface area (Å²) in [7, 11) is -5.36. The first-order chi connectivity index (χ1) is 17.5. The number of alkyl halides is 3. The van der Waals surface area contributed by atoms with E-state index in [2.05, 4.69) is 51.7 Å². The Kier molecular flexibility index (Phi) is 6.60. The molecular formula is C27H31F3N4O2S. The van der Waals surface area contributed by atoms with Gasteiger partial charge in [-0.3, -0.25) is 9.88 Å². The van der Waals surface area contributed by atoms with Crippen molar-refractivity contribution in [2.75, 3.05) is 36.1 Å². The molecule has 0 bridgehead atoms. The molecule has 6 nitrogen and oxygen atoms in total. The number of hydrogen-bond donors (Lipinski definition) is 0. The zero-order chi connectivity index (χ0) is 26.4. The molecule has 0 saturated carbocycles. The number of rotatable bonds is 5. The van der Waals surface area contributed by atoms with Gasteiger partial charge in [-0.2, -0.15) is 13.2 Å². The predicted molar refractivity (Wildman–Crippen MR) is 139 cm³/mol. The minimum absolute atomic E-state index is 0.216. The third kappa shape index (κ3) is 4.88. The lowest BCUT2D eigenvalue weighted by molar-refractivity contribution is -0.0436. The number of pyridine rings is 1. The third-order valence-electron chi connectivity index (χ3n) is 7.48. The minimum atomic E-state index is -5.36. The third-order valence-corrected chi connectivity index (χ3v) is 8.98. The van der Waals surface area contributed by atoms with Crippen LogP contribution in [0, 0.1) is 0 Å². The smallest absolute Gasteiger partial charge is 0.371 e. The number of anilines is 2. The molecule has 0 unspecified atom stereocenters. The quantitative estimate of drug-likeness (QED) is 0.428. The molecule has 37 heavy (non-hydrogen) atoms. The summed E-state index contributed by atoms with van der Waals surface area (Å²) in [6.45, 7) is 8.27. The molecule has 198 valence electrons. The van der Waals surface area contributed by atoms with Gasteiger partial charge in [0.15, 0.2) is 0 Å². The van der Waals surface area contributed by atoms with Gasteiger partial charge in [-0.15, -0.1) is 0 Å². The maximum Gasteiger partial charge on any atom is 0.501 e. The molecule has 2 saturated heterocycles. The van der Waals surface area contributed by atoms with Gasteiger partial charge < -0.3 is 9.80 Å². The fourth-order valence-corrected chi connectivity index (χ4v) is 6.17. The summed E-state index contributed by atoms with van der Waals surface area (Å²) in [6.07, 6.45) is 5.47. The fourth-order valence-electron chi connectivity index (χ4n) is 5.41. The van der Waals surface area contributed by atoms with Gasteiger partial charge in [-0.05, 0) is 81.1 Å². The molecule has 0 radical (unpaired) electrons. The number of sulfone groups is 1. The second-order valence-corrected chi connectivity index (χ2v) is 12.4. The van der Waals surface area contributed by atoms with E-state index in [9.17, 15) is 21.6 Å². The van der Waals surface area contributed by atoms with Crippen LogP contribution in [0.5, 0.6) is 0 Å². The van der Waals surface area contributed by atoms with E-state index < -0.39 is 20.2 Å². The van der Waals surface area contributed by atoms with E-state index in [4.69, 9.17) is 0 Å². The highest BCUT2D eigenvalue weighted by atomic mass is 32.2. The summed E-state index contributed by atoms with van der Waals surface area (Å²) in [4.78, 5) is 10.8. The van der Waals surface area contributed by atoms with Crippen LogP contribution in [0.1, 0.15) is 38.7 Å². The topological polar surface area (TPSA) is 56.8 Å². The van der Waals surface area contributed by atoms with E-state index in [0.29, 0.717) is 25.4 Å². The van der Waals surface area contributed by atoms with Crippen molar-refractivity contribution in [1.29, 1.82) is 0 Å². The van der Waals surface area contributed by atoms with Crippen LogP contribution < -0.4 is 9.80 Å². The Morgan fingerprint density at radius 3 is 2.32 bits per heavy atom.